The molecule has 0 radical (unpaired) electrons. The molecule has 182 valence electrons. The molecule has 2 aromatic rings. The molecule has 0 saturated carbocycles. The Morgan fingerprint density at radius 1 is 1.00 bits per heavy atom. The number of hydrogen-bond acceptors (Lipinski definition) is 5. The van der Waals surface area contributed by atoms with Gasteiger partial charge in [0.15, 0.2) is 17.5 Å². The van der Waals surface area contributed by atoms with E-state index in [0.29, 0.717) is 31.4 Å². The predicted molar refractivity (Wildman–Crippen MR) is 143 cm³/mol. The SMILES string of the molecule is CCNC(=NCc1ccc(NC(=O)OC)cc1)NC(C)c1ccc(OCC)c(OCC)c1.I. The third-order valence-corrected chi connectivity index (χ3v) is 4.57. The Morgan fingerprint density at radius 3 is 2.27 bits per heavy atom. The molecule has 0 aliphatic rings. The summed E-state index contributed by atoms with van der Waals surface area (Å²) < 4.78 is 16.0. The molecule has 0 aliphatic carbocycles. The number of amides is 1. The molecule has 0 aliphatic heterocycles. The highest BCUT2D eigenvalue weighted by molar-refractivity contribution is 14.0. The fraction of sp³-hybridized carbons (Fsp3) is 0.417. The molecule has 1 atom stereocenters. The Morgan fingerprint density at radius 2 is 1.67 bits per heavy atom. The zero-order valence-electron chi connectivity index (χ0n) is 19.9. The van der Waals surface area contributed by atoms with Crippen molar-refractivity contribution in [3.8, 4) is 11.5 Å². The molecule has 0 heterocycles. The van der Waals surface area contributed by atoms with Gasteiger partial charge in [-0.1, -0.05) is 18.2 Å². The van der Waals surface area contributed by atoms with Crippen LogP contribution in [0.3, 0.4) is 0 Å². The van der Waals surface area contributed by atoms with Gasteiger partial charge >= 0.3 is 6.09 Å². The topological polar surface area (TPSA) is 93.2 Å². The first kappa shape index (κ1) is 28.3. The average molecular weight is 570 g/mol. The zero-order valence-corrected chi connectivity index (χ0v) is 22.3. The second kappa shape index (κ2) is 15.2. The summed E-state index contributed by atoms with van der Waals surface area (Å²) >= 11 is 0. The van der Waals surface area contributed by atoms with E-state index in [1.165, 1.54) is 7.11 Å². The third kappa shape index (κ3) is 9.37. The van der Waals surface area contributed by atoms with Crippen LogP contribution in [0.1, 0.15) is 44.9 Å². The van der Waals surface area contributed by atoms with Crippen LogP contribution in [0.4, 0.5) is 10.5 Å². The quantitative estimate of drug-likeness (QED) is 0.209. The van der Waals surface area contributed by atoms with Gasteiger partial charge in [-0.05, 0) is 63.1 Å². The summed E-state index contributed by atoms with van der Waals surface area (Å²) in [6.07, 6.45) is -0.495. The van der Waals surface area contributed by atoms with E-state index < -0.39 is 6.09 Å². The normalized spacial score (nSPS) is 11.6. The first-order chi connectivity index (χ1) is 15.5. The molecule has 2 rings (SSSR count). The van der Waals surface area contributed by atoms with Crippen molar-refractivity contribution >= 4 is 41.7 Å². The number of anilines is 1. The number of aliphatic imine (C=N–C) groups is 1. The van der Waals surface area contributed by atoms with Gasteiger partial charge in [-0.25, -0.2) is 9.79 Å². The first-order valence-electron chi connectivity index (χ1n) is 10.9. The van der Waals surface area contributed by atoms with Crippen LogP contribution in [0.5, 0.6) is 11.5 Å². The van der Waals surface area contributed by atoms with Crippen molar-refractivity contribution < 1.29 is 19.0 Å². The van der Waals surface area contributed by atoms with E-state index in [9.17, 15) is 4.79 Å². The number of nitrogens with zero attached hydrogens (tertiary/aromatic N) is 1. The fourth-order valence-corrected chi connectivity index (χ4v) is 2.98. The summed E-state index contributed by atoms with van der Waals surface area (Å²) in [4.78, 5) is 16.0. The van der Waals surface area contributed by atoms with E-state index in [2.05, 4.69) is 32.6 Å². The highest BCUT2D eigenvalue weighted by Crippen LogP contribution is 2.30. The molecular formula is C24H35IN4O4. The second-order valence-corrected chi connectivity index (χ2v) is 6.95. The molecule has 0 bridgehead atoms. The van der Waals surface area contributed by atoms with Gasteiger partial charge in [0, 0.05) is 12.2 Å². The number of rotatable bonds is 10. The lowest BCUT2D eigenvalue weighted by atomic mass is 10.1. The van der Waals surface area contributed by atoms with Crippen LogP contribution in [-0.4, -0.2) is 38.9 Å². The summed E-state index contributed by atoms with van der Waals surface area (Å²) in [6.45, 7) is 10.4. The highest BCUT2D eigenvalue weighted by Gasteiger charge is 2.12. The van der Waals surface area contributed by atoms with E-state index in [-0.39, 0.29) is 30.0 Å². The van der Waals surface area contributed by atoms with Gasteiger partial charge in [0.25, 0.3) is 0 Å². The van der Waals surface area contributed by atoms with Gasteiger partial charge in [0.1, 0.15) is 0 Å². The van der Waals surface area contributed by atoms with Crippen LogP contribution in [0.15, 0.2) is 47.5 Å². The lowest BCUT2D eigenvalue weighted by Crippen LogP contribution is -2.38. The molecule has 1 unspecified atom stereocenters. The largest absolute Gasteiger partial charge is 0.490 e. The number of ether oxygens (including phenoxy) is 3. The maximum Gasteiger partial charge on any atom is 0.411 e. The van der Waals surface area contributed by atoms with E-state index in [1.807, 2.05) is 63.2 Å². The van der Waals surface area contributed by atoms with Gasteiger partial charge in [0.05, 0.1) is 32.9 Å². The second-order valence-electron chi connectivity index (χ2n) is 6.95. The van der Waals surface area contributed by atoms with Crippen molar-refractivity contribution in [3.05, 3.63) is 53.6 Å². The van der Waals surface area contributed by atoms with E-state index in [0.717, 1.165) is 29.2 Å². The number of nitrogens with one attached hydrogen (secondary N) is 3. The summed E-state index contributed by atoms with van der Waals surface area (Å²) in [5.41, 5.74) is 2.76. The number of halogens is 1. The summed E-state index contributed by atoms with van der Waals surface area (Å²) in [6, 6.07) is 13.5. The van der Waals surface area contributed by atoms with Gasteiger partial charge in [-0.3, -0.25) is 5.32 Å². The van der Waals surface area contributed by atoms with Gasteiger partial charge in [-0.2, -0.15) is 0 Å². The molecule has 1 amide bonds. The van der Waals surface area contributed by atoms with E-state index >= 15 is 0 Å². The molecule has 8 nitrogen and oxygen atoms in total. The highest BCUT2D eigenvalue weighted by atomic mass is 127. The Balaban J connectivity index is 0.00000544. The van der Waals surface area contributed by atoms with Gasteiger partial charge < -0.3 is 24.8 Å². The standard InChI is InChI=1S/C24H34N4O4.HI/c1-6-25-23(26-16-18-9-12-20(13-10-18)28-24(29)30-5)27-17(4)19-11-14-21(31-7-2)22(15-19)32-8-3;/h9-15,17H,6-8,16H2,1-5H3,(H,28,29)(H2,25,26,27);1H. The Bertz CT molecular complexity index is 891. The van der Waals surface area contributed by atoms with Crippen molar-refractivity contribution in [2.45, 2.75) is 40.3 Å². The fourth-order valence-electron chi connectivity index (χ4n) is 2.98. The van der Waals surface area contributed by atoms with E-state index in [1.54, 1.807) is 0 Å². The molecule has 0 spiro atoms. The molecule has 2 aromatic carbocycles. The number of carbonyl (C=O) groups excluding carboxylic acids is 1. The smallest absolute Gasteiger partial charge is 0.411 e. The lowest BCUT2D eigenvalue weighted by Gasteiger charge is -2.20. The van der Waals surface area contributed by atoms with Gasteiger partial charge in [0.2, 0.25) is 0 Å². The van der Waals surface area contributed by atoms with Crippen LogP contribution < -0.4 is 25.4 Å². The zero-order chi connectivity index (χ0) is 23.3. The lowest BCUT2D eigenvalue weighted by molar-refractivity contribution is 0.187. The minimum absolute atomic E-state index is 0. The van der Waals surface area contributed by atoms with Crippen molar-refractivity contribution in [1.82, 2.24) is 10.6 Å². The number of carbonyl (C=O) groups is 1. The van der Waals surface area contributed by atoms with Crippen molar-refractivity contribution in [2.24, 2.45) is 4.99 Å². The monoisotopic (exact) mass is 570 g/mol. The van der Waals surface area contributed by atoms with Crippen LogP contribution in [0.2, 0.25) is 0 Å². The molecule has 3 N–H and O–H groups in total. The first-order valence-corrected chi connectivity index (χ1v) is 10.9. The van der Waals surface area contributed by atoms with Crippen LogP contribution in [0, 0.1) is 0 Å². The minimum atomic E-state index is -0.495. The Labute approximate surface area is 213 Å². The number of methoxy groups -OCH3 is 1. The number of hydrogen-bond donors (Lipinski definition) is 3. The van der Waals surface area contributed by atoms with Crippen molar-refractivity contribution in [1.29, 1.82) is 0 Å². The van der Waals surface area contributed by atoms with E-state index in [4.69, 9.17) is 9.47 Å². The average Bonchev–Trinajstić information content (AvgIpc) is 2.79. The van der Waals surface area contributed by atoms with Crippen molar-refractivity contribution in [2.75, 3.05) is 32.2 Å². The summed E-state index contributed by atoms with van der Waals surface area (Å²) in [5.74, 6) is 2.20. The molecule has 9 heteroatoms. The molecule has 0 saturated heterocycles. The molecule has 0 fully saturated rings. The Hall–Kier alpha value is -2.69. The summed E-state index contributed by atoms with van der Waals surface area (Å²) in [5, 5.41) is 9.35. The van der Waals surface area contributed by atoms with Crippen LogP contribution in [-0.2, 0) is 11.3 Å². The number of benzene rings is 2. The maximum atomic E-state index is 11.3. The molecule has 33 heavy (non-hydrogen) atoms. The van der Waals surface area contributed by atoms with Crippen LogP contribution >= 0.6 is 24.0 Å². The summed E-state index contributed by atoms with van der Waals surface area (Å²) in [7, 11) is 1.33. The predicted octanol–water partition coefficient (Wildman–Crippen LogP) is 5.10. The van der Waals surface area contributed by atoms with Crippen molar-refractivity contribution in [3.63, 3.8) is 0 Å². The maximum absolute atomic E-state index is 11.3. The number of guanidine groups is 1. The minimum Gasteiger partial charge on any atom is -0.490 e. The van der Waals surface area contributed by atoms with Gasteiger partial charge in [-0.15, -0.1) is 24.0 Å². The van der Waals surface area contributed by atoms with Crippen LogP contribution in [0.25, 0.3) is 0 Å². The molecule has 0 aromatic heterocycles. The Kier molecular flexibility index (Phi) is 13.1. The third-order valence-electron chi connectivity index (χ3n) is 4.57. The molecular weight excluding hydrogens is 535 g/mol.